The molecular formula is C15H24BNO4. The molecule has 0 spiro atoms. The van der Waals surface area contributed by atoms with Crippen LogP contribution in [-0.4, -0.2) is 34.9 Å². The summed E-state index contributed by atoms with van der Waals surface area (Å²) in [4.78, 5) is 14.9. The summed E-state index contributed by atoms with van der Waals surface area (Å²) in [6.07, 6.45) is 1.72. The van der Waals surface area contributed by atoms with Crippen LogP contribution in [0.5, 0.6) is 0 Å². The summed E-state index contributed by atoms with van der Waals surface area (Å²) in [5.41, 5.74) is -0.140. The van der Waals surface area contributed by atoms with Gasteiger partial charge in [-0.15, -0.1) is 0 Å². The highest BCUT2D eigenvalue weighted by atomic mass is 16.7. The second kappa shape index (κ2) is 4.88. The number of aromatic amines is 1. The first-order valence-electron chi connectivity index (χ1n) is 7.19. The highest BCUT2D eigenvalue weighted by molar-refractivity contribution is 6.62. The zero-order chi connectivity index (χ0) is 16.1. The third kappa shape index (κ3) is 3.32. The lowest BCUT2D eigenvalue weighted by molar-refractivity contribution is 0.00578. The van der Waals surface area contributed by atoms with Gasteiger partial charge in [-0.3, -0.25) is 0 Å². The Morgan fingerprint density at radius 1 is 1.19 bits per heavy atom. The van der Waals surface area contributed by atoms with Gasteiger partial charge in [0.25, 0.3) is 0 Å². The number of hydrogen-bond donors (Lipinski definition) is 1. The second-order valence-corrected chi connectivity index (χ2v) is 7.44. The fraction of sp³-hybridized carbons (Fsp3) is 0.667. The molecule has 1 aromatic heterocycles. The zero-order valence-corrected chi connectivity index (χ0v) is 13.9. The molecule has 21 heavy (non-hydrogen) atoms. The van der Waals surface area contributed by atoms with Crippen LogP contribution in [0.15, 0.2) is 12.3 Å². The summed E-state index contributed by atoms with van der Waals surface area (Å²) in [5, 5.41) is 0. The van der Waals surface area contributed by atoms with Crippen LogP contribution in [0.25, 0.3) is 0 Å². The molecular weight excluding hydrogens is 269 g/mol. The standard InChI is InChI=1S/C15H24BNO4/c1-13(2,3)19-12(18)11-8-10(9-17-11)16-20-14(4,5)15(6,7)21-16/h8-9,17H,1-7H3. The molecule has 2 heterocycles. The highest BCUT2D eigenvalue weighted by Gasteiger charge is 2.52. The van der Waals surface area contributed by atoms with Crippen LogP contribution in [0.3, 0.4) is 0 Å². The normalized spacial score (nSPS) is 20.6. The Kier molecular flexibility index (Phi) is 3.75. The molecule has 0 radical (unpaired) electrons. The Morgan fingerprint density at radius 3 is 2.19 bits per heavy atom. The Balaban J connectivity index is 2.13. The van der Waals surface area contributed by atoms with Gasteiger partial charge >= 0.3 is 13.1 Å². The Morgan fingerprint density at radius 2 is 1.71 bits per heavy atom. The van der Waals surface area contributed by atoms with Gasteiger partial charge in [-0.2, -0.15) is 0 Å². The fourth-order valence-corrected chi connectivity index (χ4v) is 1.98. The van der Waals surface area contributed by atoms with Crippen molar-refractivity contribution in [3.05, 3.63) is 18.0 Å². The van der Waals surface area contributed by atoms with Crippen LogP contribution in [0.2, 0.25) is 0 Å². The van der Waals surface area contributed by atoms with E-state index >= 15 is 0 Å². The highest BCUT2D eigenvalue weighted by Crippen LogP contribution is 2.36. The number of aromatic nitrogens is 1. The summed E-state index contributed by atoms with van der Waals surface area (Å²) in [7, 11) is -0.484. The average molecular weight is 293 g/mol. The lowest BCUT2D eigenvalue weighted by Gasteiger charge is -2.32. The summed E-state index contributed by atoms with van der Waals surface area (Å²) >= 11 is 0. The first-order chi connectivity index (χ1) is 9.41. The Hall–Kier alpha value is -1.27. The van der Waals surface area contributed by atoms with E-state index in [-0.39, 0.29) is 5.97 Å². The van der Waals surface area contributed by atoms with Crippen molar-refractivity contribution in [3.8, 4) is 0 Å². The molecule has 2 rings (SSSR count). The molecule has 0 unspecified atom stereocenters. The molecule has 1 N–H and O–H groups in total. The molecule has 0 saturated carbocycles. The van der Waals surface area contributed by atoms with E-state index < -0.39 is 23.9 Å². The van der Waals surface area contributed by atoms with E-state index in [9.17, 15) is 4.79 Å². The lowest BCUT2D eigenvalue weighted by atomic mass is 9.81. The third-order valence-corrected chi connectivity index (χ3v) is 3.85. The van der Waals surface area contributed by atoms with Gasteiger partial charge in [-0.25, -0.2) is 4.79 Å². The molecule has 5 nitrogen and oxygen atoms in total. The van der Waals surface area contributed by atoms with Crippen molar-refractivity contribution in [2.45, 2.75) is 65.3 Å². The van der Waals surface area contributed by atoms with E-state index in [1.54, 1.807) is 12.3 Å². The van der Waals surface area contributed by atoms with E-state index in [0.717, 1.165) is 5.46 Å². The van der Waals surface area contributed by atoms with Gasteiger partial charge in [0.15, 0.2) is 0 Å². The zero-order valence-electron chi connectivity index (χ0n) is 13.9. The van der Waals surface area contributed by atoms with Crippen molar-refractivity contribution >= 4 is 18.6 Å². The van der Waals surface area contributed by atoms with Gasteiger partial charge in [0.1, 0.15) is 11.3 Å². The number of rotatable bonds is 2. The van der Waals surface area contributed by atoms with Crippen LogP contribution in [-0.2, 0) is 14.0 Å². The van der Waals surface area contributed by atoms with Crippen molar-refractivity contribution in [1.29, 1.82) is 0 Å². The van der Waals surface area contributed by atoms with Crippen molar-refractivity contribution in [2.75, 3.05) is 0 Å². The molecule has 1 fully saturated rings. The number of carbonyl (C=O) groups excluding carboxylic acids is 1. The number of H-pyrrole nitrogens is 1. The minimum Gasteiger partial charge on any atom is -0.455 e. The quantitative estimate of drug-likeness (QED) is 0.671. The molecule has 1 saturated heterocycles. The fourth-order valence-electron chi connectivity index (χ4n) is 1.98. The molecule has 0 aliphatic carbocycles. The van der Waals surface area contributed by atoms with E-state index in [0.29, 0.717) is 5.69 Å². The molecule has 1 aliphatic heterocycles. The number of nitrogens with one attached hydrogen (secondary N) is 1. The minimum absolute atomic E-state index is 0.384. The van der Waals surface area contributed by atoms with Crippen molar-refractivity contribution in [2.24, 2.45) is 0 Å². The second-order valence-electron chi connectivity index (χ2n) is 7.44. The summed E-state index contributed by atoms with van der Waals surface area (Å²) in [6.45, 7) is 13.5. The Bertz CT molecular complexity index is 526. The smallest absolute Gasteiger partial charge is 0.455 e. The lowest BCUT2D eigenvalue weighted by Crippen LogP contribution is -2.41. The topological polar surface area (TPSA) is 60.6 Å². The predicted molar refractivity (Wildman–Crippen MR) is 81.7 cm³/mol. The number of carbonyl (C=O) groups is 1. The monoisotopic (exact) mass is 293 g/mol. The SMILES string of the molecule is CC(C)(C)OC(=O)c1cc(B2OC(C)(C)C(C)(C)O2)c[nH]1. The molecule has 1 aliphatic rings. The van der Waals surface area contributed by atoms with Crippen molar-refractivity contribution in [3.63, 3.8) is 0 Å². The van der Waals surface area contributed by atoms with Crippen LogP contribution in [0, 0.1) is 0 Å². The predicted octanol–water partition coefficient (Wildman–Crippen LogP) is 2.27. The molecule has 116 valence electrons. The largest absolute Gasteiger partial charge is 0.496 e. The van der Waals surface area contributed by atoms with Crippen LogP contribution in [0.4, 0.5) is 0 Å². The number of esters is 1. The van der Waals surface area contributed by atoms with Gasteiger partial charge in [0, 0.05) is 11.7 Å². The van der Waals surface area contributed by atoms with Crippen LogP contribution in [0.1, 0.15) is 59.0 Å². The molecule has 0 bridgehead atoms. The van der Waals surface area contributed by atoms with Crippen molar-refractivity contribution < 1.29 is 18.8 Å². The number of ether oxygens (including phenoxy) is 1. The Labute approximate surface area is 126 Å². The van der Waals surface area contributed by atoms with E-state index in [1.807, 2.05) is 48.5 Å². The van der Waals surface area contributed by atoms with Crippen LogP contribution < -0.4 is 5.46 Å². The first-order valence-corrected chi connectivity index (χ1v) is 7.19. The molecule has 1 aromatic rings. The maximum Gasteiger partial charge on any atom is 0.496 e. The van der Waals surface area contributed by atoms with E-state index in [1.165, 1.54) is 0 Å². The van der Waals surface area contributed by atoms with Crippen molar-refractivity contribution in [1.82, 2.24) is 4.98 Å². The molecule has 0 atom stereocenters. The number of hydrogen-bond acceptors (Lipinski definition) is 4. The van der Waals surface area contributed by atoms with Gasteiger partial charge in [0.05, 0.1) is 11.2 Å². The van der Waals surface area contributed by atoms with E-state index in [4.69, 9.17) is 14.0 Å². The summed E-state index contributed by atoms with van der Waals surface area (Å²) < 4.78 is 17.2. The summed E-state index contributed by atoms with van der Waals surface area (Å²) in [5.74, 6) is -0.384. The minimum atomic E-state index is -0.521. The molecule has 0 amide bonds. The third-order valence-electron chi connectivity index (χ3n) is 3.85. The maximum absolute atomic E-state index is 12.0. The van der Waals surface area contributed by atoms with Gasteiger partial charge in [0.2, 0.25) is 0 Å². The summed E-state index contributed by atoms with van der Waals surface area (Å²) in [6, 6.07) is 1.72. The van der Waals surface area contributed by atoms with Gasteiger partial charge in [-0.05, 0) is 54.5 Å². The van der Waals surface area contributed by atoms with E-state index in [2.05, 4.69) is 4.98 Å². The first kappa shape index (κ1) is 16.1. The van der Waals surface area contributed by atoms with Gasteiger partial charge in [-0.1, -0.05) is 0 Å². The average Bonchev–Trinajstić information content (AvgIpc) is 2.80. The van der Waals surface area contributed by atoms with Crippen LogP contribution >= 0.6 is 0 Å². The maximum atomic E-state index is 12.0. The molecule has 6 heteroatoms. The van der Waals surface area contributed by atoms with Gasteiger partial charge < -0.3 is 19.0 Å². The molecule has 0 aromatic carbocycles.